The second-order valence-electron chi connectivity index (χ2n) is 16.6. The second kappa shape index (κ2) is 20.1. The summed E-state index contributed by atoms with van der Waals surface area (Å²) in [7, 11) is 3.33. The van der Waals surface area contributed by atoms with Crippen LogP contribution in [0.5, 0.6) is 11.5 Å². The maximum absolute atomic E-state index is 12.0. The van der Waals surface area contributed by atoms with Crippen molar-refractivity contribution in [1.82, 2.24) is 49.3 Å². The minimum Gasteiger partial charge on any atom is -0.494 e. The average Bonchev–Trinajstić information content (AvgIpc) is 3.99. The molecule has 0 aliphatic carbocycles. The second-order valence-corrected chi connectivity index (χ2v) is 16.6. The highest BCUT2D eigenvalue weighted by Crippen LogP contribution is 2.31. The third-order valence-corrected chi connectivity index (χ3v) is 11.9. The van der Waals surface area contributed by atoms with Gasteiger partial charge in [-0.2, -0.15) is 0 Å². The molecule has 67 heavy (non-hydrogen) atoms. The lowest BCUT2D eigenvalue weighted by Crippen LogP contribution is -2.35. The smallest absolute Gasteiger partial charge is 0.227 e. The molecule has 10 rings (SSSR count). The van der Waals surface area contributed by atoms with Crippen LogP contribution in [0.15, 0.2) is 122 Å². The van der Waals surface area contributed by atoms with Gasteiger partial charge in [0.1, 0.15) is 11.5 Å². The molecular formula is C52H54N12O3. The Bertz CT molecular complexity index is 3010. The molecule has 3 N–H and O–H groups in total. The summed E-state index contributed by atoms with van der Waals surface area (Å²) in [6.45, 7) is 8.48. The number of hydrogen-bond acceptors (Lipinski definition) is 12. The number of aromatic nitrogens is 8. The summed E-state index contributed by atoms with van der Waals surface area (Å²) in [6, 6.07) is 32.6. The van der Waals surface area contributed by atoms with Gasteiger partial charge >= 0.3 is 0 Å². The molecule has 4 aromatic carbocycles. The van der Waals surface area contributed by atoms with Crippen molar-refractivity contribution in [3.63, 3.8) is 0 Å². The molecule has 0 saturated heterocycles. The van der Waals surface area contributed by atoms with Crippen molar-refractivity contribution in [2.75, 3.05) is 37.9 Å². The molecule has 0 fully saturated rings. The number of nitrogens with zero attached hydrogens (tertiary/aromatic N) is 9. The van der Waals surface area contributed by atoms with Crippen LogP contribution in [0.3, 0.4) is 0 Å². The Labute approximate surface area is 390 Å². The van der Waals surface area contributed by atoms with E-state index in [-0.39, 0.29) is 5.91 Å². The fourth-order valence-corrected chi connectivity index (χ4v) is 8.45. The molecule has 2 aliphatic rings. The Kier molecular flexibility index (Phi) is 13.3. The highest BCUT2D eigenvalue weighted by molar-refractivity contribution is 5.73. The fourth-order valence-electron chi connectivity index (χ4n) is 8.45. The normalized spacial score (nSPS) is 12.9. The van der Waals surface area contributed by atoms with Gasteiger partial charge in [-0.3, -0.25) is 4.79 Å². The number of nitrogens with one attached hydrogen (secondary N) is 3. The van der Waals surface area contributed by atoms with E-state index in [2.05, 4.69) is 62.3 Å². The summed E-state index contributed by atoms with van der Waals surface area (Å²) >= 11 is 0. The number of aryl methyl sites for hydroxylation is 2. The minimum absolute atomic E-state index is 0.0729. The summed E-state index contributed by atoms with van der Waals surface area (Å²) in [4.78, 5) is 42.0. The first-order valence-corrected chi connectivity index (χ1v) is 22.4. The van der Waals surface area contributed by atoms with E-state index >= 15 is 0 Å². The number of methoxy groups -OCH3 is 2. The van der Waals surface area contributed by atoms with E-state index in [1.165, 1.54) is 16.7 Å². The van der Waals surface area contributed by atoms with Crippen LogP contribution in [0.25, 0.3) is 11.4 Å². The number of ether oxygens (including phenoxy) is 2. The van der Waals surface area contributed by atoms with Gasteiger partial charge in [0, 0.05) is 106 Å². The zero-order valence-corrected chi connectivity index (χ0v) is 38.5. The van der Waals surface area contributed by atoms with Crippen LogP contribution in [0, 0.1) is 13.8 Å². The van der Waals surface area contributed by atoms with E-state index in [4.69, 9.17) is 29.4 Å². The molecule has 6 heterocycles. The lowest BCUT2D eigenvalue weighted by molar-refractivity contribution is -0.129. The maximum atomic E-state index is 12.0. The van der Waals surface area contributed by atoms with Crippen LogP contribution < -0.4 is 25.4 Å². The van der Waals surface area contributed by atoms with E-state index < -0.39 is 0 Å². The number of imidazole rings is 2. The number of carbonyl (C=O) groups excluding carboxylic acids is 1. The van der Waals surface area contributed by atoms with Gasteiger partial charge in [0.15, 0.2) is 0 Å². The van der Waals surface area contributed by atoms with Crippen LogP contribution in [0.4, 0.5) is 23.3 Å². The molecule has 0 saturated carbocycles. The number of hydrogen-bond donors (Lipinski definition) is 3. The molecule has 15 nitrogen and oxygen atoms in total. The molecule has 0 unspecified atom stereocenters. The van der Waals surface area contributed by atoms with Gasteiger partial charge in [-0.15, -0.1) is 0 Å². The van der Waals surface area contributed by atoms with Crippen LogP contribution >= 0.6 is 0 Å². The topological polar surface area (TPSA) is 162 Å². The third-order valence-electron chi connectivity index (χ3n) is 11.9. The molecule has 340 valence electrons. The predicted octanol–water partition coefficient (Wildman–Crippen LogP) is 8.18. The molecule has 1 amide bonds. The minimum atomic E-state index is 0.0729. The molecule has 15 heteroatoms. The molecular weight excluding hydrogens is 841 g/mol. The van der Waals surface area contributed by atoms with Crippen LogP contribution in [-0.2, 0) is 43.6 Å². The highest BCUT2D eigenvalue weighted by atomic mass is 16.5. The van der Waals surface area contributed by atoms with E-state index in [0.29, 0.717) is 43.6 Å². The number of amides is 1. The number of fused-ring (bicyclic) bond motifs is 2. The quantitative estimate of drug-likeness (QED) is 0.108. The Morgan fingerprint density at radius 3 is 1.64 bits per heavy atom. The highest BCUT2D eigenvalue weighted by Gasteiger charge is 2.25. The summed E-state index contributed by atoms with van der Waals surface area (Å²) in [6.07, 6.45) is 10.5. The van der Waals surface area contributed by atoms with Gasteiger partial charge in [-0.1, -0.05) is 60.7 Å². The molecule has 4 aromatic heterocycles. The molecule has 0 radical (unpaired) electrons. The predicted molar refractivity (Wildman–Crippen MR) is 259 cm³/mol. The first-order valence-electron chi connectivity index (χ1n) is 22.4. The van der Waals surface area contributed by atoms with Gasteiger partial charge in [0.2, 0.25) is 17.8 Å². The van der Waals surface area contributed by atoms with Crippen molar-refractivity contribution < 1.29 is 14.3 Å². The molecule has 0 spiro atoms. The van der Waals surface area contributed by atoms with E-state index in [1.807, 2.05) is 101 Å². The van der Waals surface area contributed by atoms with E-state index in [9.17, 15) is 4.79 Å². The number of benzene rings is 4. The Balaban J connectivity index is 0.000000169. The summed E-state index contributed by atoms with van der Waals surface area (Å²) < 4.78 is 15.2. The Hall–Kier alpha value is -7.91. The van der Waals surface area contributed by atoms with E-state index in [0.717, 1.165) is 94.2 Å². The third kappa shape index (κ3) is 10.5. The van der Waals surface area contributed by atoms with Crippen molar-refractivity contribution in [2.45, 2.75) is 59.5 Å². The average molecular weight is 895 g/mol. The summed E-state index contributed by atoms with van der Waals surface area (Å²) in [5.41, 5.74) is 14.2. The fraction of sp³-hybridized carbons (Fsp3) is 0.250. The van der Waals surface area contributed by atoms with Crippen molar-refractivity contribution >= 4 is 29.2 Å². The first-order chi connectivity index (χ1) is 32.7. The number of rotatable bonds is 12. The molecule has 2 aliphatic heterocycles. The zero-order chi connectivity index (χ0) is 46.3. The molecule has 0 atom stereocenters. The van der Waals surface area contributed by atoms with Crippen LogP contribution in [0.2, 0.25) is 0 Å². The van der Waals surface area contributed by atoms with E-state index in [1.54, 1.807) is 33.8 Å². The van der Waals surface area contributed by atoms with Crippen molar-refractivity contribution in [3.05, 3.63) is 179 Å². The monoisotopic (exact) mass is 894 g/mol. The maximum Gasteiger partial charge on any atom is 0.227 e. The van der Waals surface area contributed by atoms with Crippen molar-refractivity contribution in [1.29, 1.82) is 0 Å². The Morgan fingerprint density at radius 1 is 0.657 bits per heavy atom. The zero-order valence-electron chi connectivity index (χ0n) is 38.5. The molecule has 0 bridgehead atoms. The van der Waals surface area contributed by atoms with Crippen LogP contribution in [0.1, 0.15) is 63.3 Å². The van der Waals surface area contributed by atoms with Crippen LogP contribution in [-0.4, -0.2) is 77.2 Å². The van der Waals surface area contributed by atoms with Crippen molar-refractivity contribution in [3.8, 4) is 22.9 Å². The van der Waals surface area contributed by atoms with Crippen molar-refractivity contribution in [2.24, 2.45) is 0 Å². The number of anilines is 4. The standard InChI is InChI=1S/C27H28N6O2.C25H26N6O/c1-18-15-33(17-28-18)25-10-9-21(14-26(25)35-3)29-27-30-23-11-12-32(19(2)34)16-22(23)24(31-27)13-20-7-5-4-6-8-20;1-17-15-31(16-27-17)23-9-8-19(13-24(23)32-2)28-25-29-21-10-11-26-14-20(21)22(30-25)12-18-6-4-3-5-7-18/h4-10,14-15,17H,11-13,16H2,1-3H3,(H,29,30,31);3-9,13,15-16,26H,10-12,14H2,1-2H3,(H,28,29,30). The number of carbonyl (C=O) groups is 1. The SMILES string of the molecule is COc1cc(Nc2nc3c(c(Cc4ccccc4)n2)CN(C(C)=O)CC3)ccc1-n1cnc(C)c1.COc1cc(Nc2nc3c(c(Cc4ccccc4)n2)CNCC3)ccc1-n1cnc(C)c1. The van der Waals surface area contributed by atoms with Gasteiger partial charge in [0.25, 0.3) is 0 Å². The largest absolute Gasteiger partial charge is 0.494 e. The van der Waals surface area contributed by atoms with Gasteiger partial charge in [-0.25, -0.2) is 29.9 Å². The lowest BCUT2D eigenvalue weighted by Gasteiger charge is -2.29. The van der Waals surface area contributed by atoms with Gasteiger partial charge in [0.05, 0.1) is 72.4 Å². The van der Waals surface area contributed by atoms with Gasteiger partial charge in [-0.05, 0) is 49.2 Å². The Morgan fingerprint density at radius 2 is 1.16 bits per heavy atom. The summed E-state index contributed by atoms with van der Waals surface area (Å²) in [5.74, 6) is 2.69. The molecule has 8 aromatic rings. The lowest BCUT2D eigenvalue weighted by atomic mass is 9.99. The first kappa shape index (κ1) is 44.3. The van der Waals surface area contributed by atoms with Gasteiger partial charge < -0.3 is 39.5 Å². The summed E-state index contributed by atoms with van der Waals surface area (Å²) in [5, 5.41) is 10.2.